The van der Waals surface area contributed by atoms with E-state index < -0.39 is 4.92 Å². The molecule has 1 heterocycles. The van der Waals surface area contributed by atoms with Crippen molar-refractivity contribution < 1.29 is 14.5 Å². The maximum absolute atomic E-state index is 11.4. The normalized spacial score (nSPS) is 10.3. The van der Waals surface area contributed by atoms with Crippen LogP contribution in [0, 0.1) is 10.1 Å². The first-order chi connectivity index (χ1) is 9.10. The lowest BCUT2D eigenvalue weighted by molar-refractivity contribution is -0.384. The van der Waals surface area contributed by atoms with Crippen molar-refractivity contribution in [3.8, 4) is 0 Å². The lowest BCUT2D eigenvalue weighted by Crippen LogP contribution is -2.26. The Morgan fingerprint density at radius 3 is 2.89 bits per heavy atom. The van der Waals surface area contributed by atoms with E-state index in [1.807, 2.05) is 0 Å². The summed E-state index contributed by atoms with van der Waals surface area (Å²) in [6.45, 7) is -0.0233. The van der Waals surface area contributed by atoms with Gasteiger partial charge in [-0.15, -0.1) is 0 Å². The maximum Gasteiger partial charge on any atom is 0.270 e. The molecule has 0 bridgehead atoms. The molecule has 1 amide bonds. The van der Waals surface area contributed by atoms with Gasteiger partial charge >= 0.3 is 0 Å². The number of nitro benzene ring substituents is 1. The van der Waals surface area contributed by atoms with Crippen LogP contribution in [0.5, 0.6) is 0 Å². The third-order valence-electron chi connectivity index (χ3n) is 2.60. The van der Waals surface area contributed by atoms with Crippen LogP contribution in [-0.4, -0.2) is 28.6 Å². The van der Waals surface area contributed by atoms with Gasteiger partial charge < -0.3 is 15.1 Å². The number of non-ortho nitro benzene ring substituents is 1. The third-order valence-corrected chi connectivity index (χ3v) is 2.60. The molecule has 0 saturated carbocycles. The Kier molecular flexibility index (Phi) is 3.56. The first-order valence-corrected chi connectivity index (χ1v) is 5.56. The Morgan fingerprint density at radius 2 is 2.21 bits per heavy atom. The van der Waals surface area contributed by atoms with Crippen molar-refractivity contribution in [1.29, 1.82) is 0 Å². The summed E-state index contributed by atoms with van der Waals surface area (Å²) in [6, 6.07) is 6.12. The Labute approximate surface area is 107 Å². The molecule has 0 aliphatic heterocycles. The van der Waals surface area contributed by atoms with Gasteiger partial charge in [-0.2, -0.15) is 0 Å². The molecule has 7 nitrogen and oxygen atoms in total. The highest BCUT2D eigenvalue weighted by Gasteiger charge is 2.10. The van der Waals surface area contributed by atoms with Crippen LogP contribution in [0.2, 0.25) is 0 Å². The number of nitrogens with zero attached hydrogens (tertiary/aromatic N) is 1. The number of nitro groups is 1. The van der Waals surface area contributed by atoms with Crippen LogP contribution in [0.25, 0.3) is 10.9 Å². The van der Waals surface area contributed by atoms with Crippen LogP contribution in [0.15, 0.2) is 24.3 Å². The van der Waals surface area contributed by atoms with Crippen LogP contribution < -0.4 is 5.32 Å². The van der Waals surface area contributed by atoms with Crippen molar-refractivity contribution in [2.75, 3.05) is 6.54 Å². The molecular formula is C12H11N3O4. The standard InChI is InChI=1S/C12H11N3O4/c16-4-3-13-12(17)7-9-5-8-6-10(15(18)19)1-2-11(8)14-9/h1-2,4-6,14H,3,7H2,(H,13,17). The number of amides is 1. The summed E-state index contributed by atoms with van der Waals surface area (Å²) < 4.78 is 0. The highest BCUT2D eigenvalue weighted by atomic mass is 16.6. The van der Waals surface area contributed by atoms with Crippen LogP contribution in [0.1, 0.15) is 5.69 Å². The monoisotopic (exact) mass is 261 g/mol. The molecule has 0 aliphatic carbocycles. The minimum atomic E-state index is -0.469. The molecule has 2 N–H and O–H groups in total. The molecule has 19 heavy (non-hydrogen) atoms. The number of carbonyl (C=O) groups is 2. The van der Waals surface area contributed by atoms with Crippen LogP contribution in [0.4, 0.5) is 5.69 Å². The Balaban J connectivity index is 2.19. The Hall–Kier alpha value is -2.70. The van der Waals surface area contributed by atoms with E-state index in [1.165, 1.54) is 12.1 Å². The van der Waals surface area contributed by atoms with E-state index in [0.29, 0.717) is 17.4 Å². The largest absolute Gasteiger partial charge is 0.358 e. The van der Waals surface area contributed by atoms with Gasteiger partial charge in [-0.3, -0.25) is 14.9 Å². The predicted molar refractivity (Wildman–Crippen MR) is 67.7 cm³/mol. The van der Waals surface area contributed by atoms with E-state index in [1.54, 1.807) is 12.1 Å². The fraction of sp³-hybridized carbons (Fsp3) is 0.167. The number of benzene rings is 1. The van der Waals surface area contributed by atoms with E-state index in [4.69, 9.17) is 0 Å². The summed E-state index contributed by atoms with van der Waals surface area (Å²) in [4.78, 5) is 34.7. The highest BCUT2D eigenvalue weighted by molar-refractivity contribution is 5.86. The fourth-order valence-electron chi connectivity index (χ4n) is 1.78. The molecule has 7 heteroatoms. The van der Waals surface area contributed by atoms with Crippen molar-refractivity contribution in [2.24, 2.45) is 0 Å². The second-order valence-electron chi connectivity index (χ2n) is 3.97. The molecule has 1 aromatic carbocycles. The highest BCUT2D eigenvalue weighted by Crippen LogP contribution is 2.21. The summed E-state index contributed by atoms with van der Waals surface area (Å²) in [7, 11) is 0. The molecule has 0 unspecified atom stereocenters. The molecule has 2 aromatic rings. The van der Waals surface area contributed by atoms with Crippen molar-refractivity contribution in [3.63, 3.8) is 0 Å². The first kappa shape index (κ1) is 12.7. The summed E-state index contributed by atoms with van der Waals surface area (Å²) in [5.41, 5.74) is 1.37. The zero-order chi connectivity index (χ0) is 13.8. The molecule has 2 rings (SSSR count). The number of aldehydes is 1. The lowest BCUT2D eigenvalue weighted by Gasteiger charge is -1.98. The zero-order valence-corrected chi connectivity index (χ0v) is 9.88. The number of hydrogen-bond donors (Lipinski definition) is 2. The van der Waals surface area contributed by atoms with Crippen LogP contribution in [0.3, 0.4) is 0 Å². The first-order valence-electron chi connectivity index (χ1n) is 5.56. The molecule has 0 fully saturated rings. The minimum absolute atomic E-state index is 0.00320. The van der Waals surface area contributed by atoms with Gasteiger partial charge in [0.2, 0.25) is 5.91 Å². The van der Waals surface area contributed by atoms with Gasteiger partial charge in [-0.1, -0.05) is 0 Å². The predicted octanol–water partition coefficient (Wildman–Crippen LogP) is 0.934. The number of carbonyl (C=O) groups excluding carboxylic acids is 2. The number of hydrogen-bond acceptors (Lipinski definition) is 4. The molecular weight excluding hydrogens is 250 g/mol. The van der Waals surface area contributed by atoms with E-state index in [0.717, 1.165) is 5.52 Å². The average Bonchev–Trinajstić information content (AvgIpc) is 2.77. The van der Waals surface area contributed by atoms with E-state index in [-0.39, 0.29) is 24.6 Å². The van der Waals surface area contributed by atoms with E-state index >= 15 is 0 Å². The molecule has 98 valence electrons. The second kappa shape index (κ2) is 5.30. The second-order valence-corrected chi connectivity index (χ2v) is 3.97. The summed E-state index contributed by atoms with van der Waals surface area (Å²) in [5, 5.41) is 13.7. The van der Waals surface area contributed by atoms with Gasteiger partial charge in [-0.05, 0) is 12.1 Å². The van der Waals surface area contributed by atoms with Crippen molar-refractivity contribution >= 4 is 28.8 Å². The topological polar surface area (TPSA) is 105 Å². The van der Waals surface area contributed by atoms with Gasteiger partial charge in [0.1, 0.15) is 6.29 Å². The molecule has 1 aromatic heterocycles. The molecule has 0 radical (unpaired) electrons. The smallest absolute Gasteiger partial charge is 0.270 e. The number of aromatic amines is 1. The van der Waals surface area contributed by atoms with Gasteiger partial charge in [0.15, 0.2) is 0 Å². The quantitative estimate of drug-likeness (QED) is 0.474. The van der Waals surface area contributed by atoms with E-state index in [2.05, 4.69) is 10.3 Å². The Bertz CT molecular complexity index is 647. The lowest BCUT2D eigenvalue weighted by atomic mass is 10.2. The van der Waals surface area contributed by atoms with Crippen molar-refractivity contribution in [3.05, 3.63) is 40.1 Å². The number of nitrogens with one attached hydrogen (secondary N) is 2. The SMILES string of the molecule is O=CCNC(=O)Cc1cc2cc([N+](=O)[O-])ccc2[nH]1. The zero-order valence-electron chi connectivity index (χ0n) is 9.88. The third kappa shape index (κ3) is 2.95. The molecule has 0 aliphatic rings. The average molecular weight is 261 g/mol. The van der Waals surface area contributed by atoms with Gasteiger partial charge in [0, 0.05) is 28.7 Å². The van der Waals surface area contributed by atoms with Gasteiger partial charge in [0.05, 0.1) is 17.9 Å². The Morgan fingerprint density at radius 1 is 1.42 bits per heavy atom. The molecule has 0 spiro atoms. The van der Waals surface area contributed by atoms with Crippen molar-refractivity contribution in [2.45, 2.75) is 6.42 Å². The summed E-state index contributed by atoms with van der Waals surface area (Å²) in [6.07, 6.45) is 0.697. The van der Waals surface area contributed by atoms with Crippen molar-refractivity contribution in [1.82, 2.24) is 10.3 Å². The van der Waals surface area contributed by atoms with E-state index in [9.17, 15) is 19.7 Å². The molecule has 0 atom stereocenters. The number of rotatable bonds is 5. The van der Waals surface area contributed by atoms with Crippen LogP contribution in [-0.2, 0) is 16.0 Å². The maximum atomic E-state index is 11.4. The van der Waals surface area contributed by atoms with Crippen LogP contribution >= 0.6 is 0 Å². The van der Waals surface area contributed by atoms with Gasteiger partial charge in [-0.25, -0.2) is 0 Å². The summed E-state index contributed by atoms with van der Waals surface area (Å²) in [5.74, 6) is -0.284. The number of H-pyrrole nitrogens is 1. The number of aromatic nitrogens is 1. The fourth-order valence-corrected chi connectivity index (χ4v) is 1.78. The van der Waals surface area contributed by atoms with Gasteiger partial charge in [0.25, 0.3) is 5.69 Å². The molecule has 0 saturated heterocycles. The number of fused-ring (bicyclic) bond motifs is 1. The minimum Gasteiger partial charge on any atom is -0.358 e. The summed E-state index contributed by atoms with van der Waals surface area (Å²) >= 11 is 0.